The Morgan fingerprint density at radius 3 is 1.15 bits per heavy atom. The van der Waals surface area contributed by atoms with Gasteiger partial charge in [-0.1, -0.05) is 103 Å². The summed E-state index contributed by atoms with van der Waals surface area (Å²) in [6.07, 6.45) is 20.1. The van der Waals surface area contributed by atoms with Gasteiger partial charge in [0.15, 0.2) is 0 Å². The topological polar surface area (TPSA) is 57.1 Å². The molecule has 0 saturated heterocycles. The highest BCUT2D eigenvalue weighted by atomic mass is 35.5. The Balaban J connectivity index is -0.00000123. The van der Waals surface area contributed by atoms with Gasteiger partial charge in [0.05, 0.1) is 26.3 Å². The number of aliphatic hydroxyl groups is 2. The second-order valence-corrected chi connectivity index (χ2v) is 7.62. The van der Waals surface area contributed by atoms with Crippen molar-refractivity contribution in [1.82, 2.24) is 0 Å². The highest BCUT2D eigenvalue weighted by Crippen LogP contribution is 2.14. The van der Waals surface area contributed by atoms with Crippen LogP contribution in [-0.4, -0.2) is 36.5 Å². The Kier molecular flexibility index (Phi) is 32.5. The Morgan fingerprint density at radius 2 is 0.885 bits per heavy atom. The summed E-state index contributed by atoms with van der Waals surface area (Å²) in [6, 6.07) is 0. The van der Waals surface area contributed by atoms with E-state index in [2.05, 4.69) is 6.92 Å². The molecule has 4 N–H and O–H groups in total. The van der Waals surface area contributed by atoms with Crippen molar-refractivity contribution < 1.29 is 27.9 Å². The van der Waals surface area contributed by atoms with E-state index in [1.807, 2.05) is 19.4 Å². The quantitative estimate of drug-likeness (QED) is 0.329. The molecule has 0 aromatic rings. The van der Waals surface area contributed by atoms with Gasteiger partial charge in [0.25, 0.3) is 0 Å². The van der Waals surface area contributed by atoms with Crippen molar-refractivity contribution in [3.63, 3.8) is 0 Å². The van der Waals surface area contributed by atoms with Crippen LogP contribution in [0.4, 0.5) is 0 Å². The zero-order chi connectivity index (χ0) is 19.2. The van der Waals surface area contributed by atoms with E-state index in [4.69, 9.17) is 0 Å². The molecule has 0 amide bonds. The van der Waals surface area contributed by atoms with Gasteiger partial charge in [-0.2, -0.15) is 0 Å². The Morgan fingerprint density at radius 1 is 0.615 bits per heavy atom. The molecule has 26 heavy (non-hydrogen) atoms. The Labute approximate surface area is 171 Å². The van der Waals surface area contributed by atoms with Crippen LogP contribution in [-0.2, 0) is 0 Å². The molecule has 0 radical (unpaired) electrons. The van der Waals surface area contributed by atoms with E-state index in [9.17, 15) is 10.2 Å². The molecule has 0 saturated carbocycles. The second kappa shape index (κ2) is 27.4. The average molecular weight is 396 g/mol. The van der Waals surface area contributed by atoms with Gasteiger partial charge in [0, 0.05) is 0 Å². The van der Waals surface area contributed by atoms with Crippen LogP contribution in [0.25, 0.3) is 0 Å². The SMILES string of the molecule is CCCCCCCCCCCCCCCCCC(O)C(C)O.C[NH2+]C.[Cl-]. The summed E-state index contributed by atoms with van der Waals surface area (Å²) in [5.74, 6) is 0. The van der Waals surface area contributed by atoms with E-state index >= 15 is 0 Å². The molecule has 0 aliphatic heterocycles. The smallest absolute Gasteiger partial charge is 0.0796 e. The van der Waals surface area contributed by atoms with Crippen LogP contribution in [0.5, 0.6) is 0 Å². The number of nitrogens with two attached hydrogens (primary N) is 1. The number of unbranched alkanes of at least 4 members (excludes halogenated alkanes) is 14. The number of halogens is 1. The van der Waals surface area contributed by atoms with Crippen molar-refractivity contribution in [3.05, 3.63) is 0 Å². The van der Waals surface area contributed by atoms with Crippen LogP contribution in [0.15, 0.2) is 0 Å². The molecular weight excluding hydrogens is 346 g/mol. The monoisotopic (exact) mass is 395 g/mol. The summed E-state index contributed by atoms with van der Waals surface area (Å²) in [5, 5.41) is 20.7. The van der Waals surface area contributed by atoms with Crippen LogP contribution in [0.3, 0.4) is 0 Å². The molecule has 4 heteroatoms. The zero-order valence-corrected chi connectivity index (χ0v) is 19.1. The number of rotatable bonds is 17. The Bertz CT molecular complexity index is 228. The summed E-state index contributed by atoms with van der Waals surface area (Å²) in [5.41, 5.74) is 0. The molecule has 2 unspecified atom stereocenters. The summed E-state index contributed by atoms with van der Waals surface area (Å²) in [6.45, 7) is 3.94. The zero-order valence-electron chi connectivity index (χ0n) is 18.3. The van der Waals surface area contributed by atoms with E-state index in [-0.39, 0.29) is 12.4 Å². The highest BCUT2D eigenvalue weighted by molar-refractivity contribution is 4.61. The predicted octanol–water partition coefficient (Wildman–Crippen LogP) is 1.80. The van der Waals surface area contributed by atoms with Gasteiger partial charge in [-0.05, 0) is 13.3 Å². The van der Waals surface area contributed by atoms with E-state index in [0.717, 1.165) is 12.8 Å². The molecule has 162 valence electrons. The maximum atomic E-state index is 9.48. The van der Waals surface area contributed by atoms with Gasteiger partial charge < -0.3 is 27.9 Å². The molecule has 0 aliphatic rings. The molecule has 0 spiro atoms. The molecule has 0 rings (SSSR count). The molecule has 0 fully saturated rings. The first-order valence-corrected chi connectivity index (χ1v) is 11.2. The van der Waals surface area contributed by atoms with E-state index in [0.29, 0.717) is 0 Å². The van der Waals surface area contributed by atoms with Crippen LogP contribution in [0.1, 0.15) is 117 Å². The van der Waals surface area contributed by atoms with Crippen molar-refractivity contribution in [1.29, 1.82) is 0 Å². The Hall–Kier alpha value is 0.170. The van der Waals surface area contributed by atoms with Crippen molar-refractivity contribution in [2.75, 3.05) is 14.1 Å². The standard InChI is InChI=1S/C20H42O2.C2H7N.ClH/c1-3-4-5-6-7-8-9-10-11-12-13-14-15-16-17-18-20(22)19(2)21;1-3-2;/h19-22H,3-18H2,1-2H3;3H,1-2H3;1H. The summed E-state index contributed by atoms with van der Waals surface area (Å²) in [4.78, 5) is 0. The first kappa shape index (κ1) is 30.9. The molecule has 0 bridgehead atoms. The molecule has 0 aliphatic carbocycles. The van der Waals surface area contributed by atoms with Crippen molar-refractivity contribution >= 4 is 0 Å². The average Bonchev–Trinajstić information content (AvgIpc) is 2.58. The number of aliphatic hydroxyl groups excluding tert-OH is 2. The normalized spacial score (nSPS) is 12.7. The van der Waals surface area contributed by atoms with E-state index in [1.54, 1.807) is 6.92 Å². The maximum Gasteiger partial charge on any atom is 0.0796 e. The van der Waals surface area contributed by atoms with Gasteiger partial charge in [0.2, 0.25) is 0 Å². The molecule has 2 atom stereocenters. The largest absolute Gasteiger partial charge is 1.00 e. The first-order valence-electron chi connectivity index (χ1n) is 11.2. The lowest BCUT2D eigenvalue weighted by Gasteiger charge is -2.12. The predicted molar refractivity (Wildman–Crippen MR) is 111 cm³/mol. The third-order valence-electron chi connectivity index (χ3n) is 4.66. The van der Waals surface area contributed by atoms with Crippen molar-refractivity contribution in [3.8, 4) is 0 Å². The highest BCUT2D eigenvalue weighted by Gasteiger charge is 2.09. The summed E-state index contributed by atoms with van der Waals surface area (Å²) < 4.78 is 0. The summed E-state index contributed by atoms with van der Waals surface area (Å²) in [7, 11) is 4.00. The van der Waals surface area contributed by atoms with Crippen molar-refractivity contribution in [2.45, 2.75) is 129 Å². The molecule has 0 aromatic carbocycles. The van der Waals surface area contributed by atoms with E-state index in [1.165, 1.54) is 89.9 Å². The third kappa shape index (κ3) is 29.0. The van der Waals surface area contributed by atoms with Gasteiger partial charge in [-0.3, -0.25) is 0 Å². The maximum absolute atomic E-state index is 9.48. The minimum Gasteiger partial charge on any atom is -1.00 e. The third-order valence-corrected chi connectivity index (χ3v) is 4.66. The minimum atomic E-state index is -0.577. The van der Waals surface area contributed by atoms with Crippen molar-refractivity contribution in [2.24, 2.45) is 0 Å². The fourth-order valence-corrected chi connectivity index (χ4v) is 2.97. The second-order valence-electron chi connectivity index (χ2n) is 7.62. The lowest BCUT2D eigenvalue weighted by molar-refractivity contribution is -0.597. The van der Waals surface area contributed by atoms with Gasteiger partial charge in [-0.25, -0.2) is 0 Å². The summed E-state index contributed by atoms with van der Waals surface area (Å²) >= 11 is 0. The fraction of sp³-hybridized carbons (Fsp3) is 1.00. The molecule has 3 nitrogen and oxygen atoms in total. The van der Waals surface area contributed by atoms with E-state index < -0.39 is 12.2 Å². The van der Waals surface area contributed by atoms with Gasteiger partial charge >= 0.3 is 0 Å². The van der Waals surface area contributed by atoms with Crippen LogP contribution in [0, 0.1) is 0 Å². The minimum absolute atomic E-state index is 0. The fourth-order valence-electron chi connectivity index (χ4n) is 2.97. The lowest BCUT2D eigenvalue weighted by atomic mass is 10.0. The van der Waals surface area contributed by atoms with Crippen LogP contribution in [0.2, 0.25) is 0 Å². The lowest BCUT2D eigenvalue weighted by Crippen LogP contribution is -3.00. The molecule has 0 aromatic heterocycles. The first-order chi connectivity index (χ1) is 12.1. The number of hydrogen-bond donors (Lipinski definition) is 3. The number of quaternary nitrogens is 1. The van der Waals surface area contributed by atoms with Crippen LogP contribution < -0.4 is 17.7 Å². The number of hydrogen-bond acceptors (Lipinski definition) is 2. The van der Waals surface area contributed by atoms with Gasteiger partial charge in [-0.15, -0.1) is 0 Å². The molecule has 0 heterocycles. The van der Waals surface area contributed by atoms with Gasteiger partial charge in [0.1, 0.15) is 0 Å². The van der Waals surface area contributed by atoms with Crippen LogP contribution >= 0.6 is 0 Å². The molecular formula is C22H50ClNO2.